The van der Waals surface area contributed by atoms with Gasteiger partial charge in [-0.05, 0) is 32.1 Å². The maximum absolute atomic E-state index is 3.89. The molecule has 0 bridgehead atoms. The molecule has 1 atom stereocenters. The molecule has 0 amide bonds. The summed E-state index contributed by atoms with van der Waals surface area (Å²) in [6.07, 6.45) is 17.4. The number of hydrogen-bond donors (Lipinski definition) is 0. The van der Waals surface area contributed by atoms with Gasteiger partial charge >= 0.3 is 0 Å². The Kier molecular flexibility index (Phi) is 12.6. The van der Waals surface area contributed by atoms with E-state index in [2.05, 4.69) is 32.9 Å². The van der Waals surface area contributed by atoms with Gasteiger partial charge in [0, 0.05) is 0 Å². The number of allylic oxidation sites excluding steroid dienone is 2. The summed E-state index contributed by atoms with van der Waals surface area (Å²) in [6.45, 7) is 10.0. The second-order valence-corrected chi connectivity index (χ2v) is 4.67. The molecule has 0 saturated heterocycles. The van der Waals surface area contributed by atoms with Gasteiger partial charge in [0.2, 0.25) is 0 Å². The molecule has 0 fully saturated rings. The number of rotatable bonds is 11. The monoisotopic (exact) mass is 222 g/mol. The van der Waals surface area contributed by atoms with E-state index in [0.29, 0.717) is 0 Å². The first-order valence-electron chi connectivity index (χ1n) is 7.08. The summed E-state index contributed by atoms with van der Waals surface area (Å²) in [5.74, 6) is 0.956. The van der Waals surface area contributed by atoms with E-state index in [9.17, 15) is 0 Å². The van der Waals surface area contributed by atoms with Crippen LogP contribution in [0.2, 0.25) is 0 Å². The van der Waals surface area contributed by atoms with Gasteiger partial charge in [-0.1, -0.05) is 70.9 Å². The van der Waals surface area contributed by atoms with Gasteiger partial charge in [-0.2, -0.15) is 0 Å². The molecule has 16 heavy (non-hydrogen) atoms. The molecule has 0 saturated carbocycles. The van der Waals surface area contributed by atoms with Crippen molar-refractivity contribution in [2.45, 2.75) is 71.1 Å². The molecule has 0 heteroatoms. The van der Waals surface area contributed by atoms with Crippen LogP contribution in [0.4, 0.5) is 0 Å². The maximum Gasteiger partial charge on any atom is -0.0351 e. The van der Waals surface area contributed by atoms with E-state index in [1.165, 1.54) is 51.4 Å². The number of hydrogen-bond acceptors (Lipinski definition) is 0. The van der Waals surface area contributed by atoms with E-state index < -0.39 is 0 Å². The molecule has 0 aromatic heterocycles. The fourth-order valence-corrected chi connectivity index (χ4v) is 2.10. The van der Waals surface area contributed by atoms with E-state index in [1.807, 2.05) is 0 Å². The number of unbranched alkanes of at least 4 members (excludes halogenated alkanes) is 4. The SMILES string of the molecule is [CH2]C/C=C/CCCC(CC)CCCCC[CH2]. The molecule has 0 aliphatic carbocycles. The molecule has 0 rings (SSSR count). The topological polar surface area (TPSA) is 0 Å². The lowest BCUT2D eigenvalue weighted by Gasteiger charge is -2.13. The molecule has 0 aromatic rings. The highest BCUT2D eigenvalue weighted by atomic mass is 14.1. The molecule has 0 spiro atoms. The van der Waals surface area contributed by atoms with Crippen molar-refractivity contribution in [2.75, 3.05) is 0 Å². The molecular weight excluding hydrogens is 192 g/mol. The second-order valence-electron chi connectivity index (χ2n) is 4.67. The summed E-state index contributed by atoms with van der Waals surface area (Å²) in [7, 11) is 0. The molecule has 1 unspecified atom stereocenters. The van der Waals surface area contributed by atoms with Crippen LogP contribution in [0.25, 0.3) is 0 Å². The van der Waals surface area contributed by atoms with Crippen LogP contribution in [0.3, 0.4) is 0 Å². The molecule has 0 N–H and O–H groups in total. The van der Waals surface area contributed by atoms with Crippen LogP contribution in [0.5, 0.6) is 0 Å². The van der Waals surface area contributed by atoms with Gasteiger partial charge < -0.3 is 0 Å². The zero-order valence-corrected chi connectivity index (χ0v) is 11.2. The van der Waals surface area contributed by atoms with Gasteiger partial charge in [0.25, 0.3) is 0 Å². The highest BCUT2D eigenvalue weighted by Crippen LogP contribution is 2.20. The fourth-order valence-electron chi connectivity index (χ4n) is 2.10. The molecule has 2 radical (unpaired) electrons. The van der Waals surface area contributed by atoms with E-state index in [1.54, 1.807) is 0 Å². The van der Waals surface area contributed by atoms with Gasteiger partial charge in [0.05, 0.1) is 0 Å². The largest absolute Gasteiger partial charge is 0.0885 e. The van der Waals surface area contributed by atoms with Gasteiger partial charge in [-0.3, -0.25) is 0 Å². The van der Waals surface area contributed by atoms with Gasteiger partial charge in [-0.25, -0.2) is 0 Å². The summed E-state index contributed by atoms with van der Waals surface area (Å²) in [4.78, 5) is 0. The Bertz CT molecular complexity index is 146. The van der Waals surface area contributed by atoms with Crippen LogP contribution in [-0.4, -0.2) is 0 Å². The molecule has 94 valence electrons. The van der Waals surface area contributed by atoms with Crippen LogP contribution in [0.15, 0.2) is 12.2 Å². The minimum absolute atomic E-state index is 0.933. The minimum atomic E-state index is 0.933. The smallest absolute Gasteiger partial charge is 0.0351 e. The summed E-state index contributed by atoms with van der Waals surface area (Å²) in [5, 5.41) is 0. The predicted octanol–water partition coefficient (Wildman–Crippen LogP) is 5.75. The molecule has 0 aromatic carbocycles. The van der Waals surface area contributed by atoms with Crippen LogP contribution in [-0.2, 0) is 0 Å². The maximum atomic E-state index is 3.89. The minimum Gasteiger partial charge on any atom is -0.0885 e. The zero-order valence-electron chi connectivity index (χ0n) is 11.2. The van der Waals surface area contributed by atoms with Gasteiger partial charge in [-0.15, -0.1) is 0 Å². The standard InChI is InChI=1S/C16H30/c1-4-7-9-11-13-15-16(6-3)14-12-10-8-5-2/h7,9,16H,1-2,4-6,8,10-15H2,3H3/b9-7+. The lowest BCUT2D eigenvalue weighted by atomic mass is 9.93. The van der Waals surface area contributed by atoms with E-state index in [-0.39, 0.29) is 0 Å². The Balaban J connectivity index is 3.40. The highest BCUT2D eigenvalue weighted by Gasteiger charge is 2.04. The second kappa shape index (κ2) is 12.8. The Morgan fingerprint density at radius 3 is 2.31 bits per heavy atom. The molecule has 0 aliphatic heterocycles. The van der Waals surface area contributed by atoms with Crippen molar-refractivity contribution in [3.8, 4) is 0 Å². The Morgan fingerprint density at radius 2 is 1.69 bits per heavy atom. The first kappa shape index (κ1) is 15.7. The van der Waals surface area contributed by atoms with Crippen LogP contribution in [0.1, 0.15) is 71.1 Å². The van der Waals surface area contributed by atoms with Crippen molar-refractivity contribution >= 4 is 0 Å². The Labute approximate surface area is 104 Å². The summed E-state index contributed by atoms with van der Waals surface area (Å²) < 4.78 is 0. The lowest BCUT2D eigenvalue weighted by Crippen LogP contribution is -1.98. The van der Waals surface area contributed by atoms with E-state index in [4.69, 9.17) is 0 Å². The van der Waals surface area contributed by atoms with Gasteiger partial charge in [0.15, 0.2) is 0 Å². The van der Waals surface area contributed by atoms with Crippen molar-refractivity contribution in [1.29, 1.82) is 0 Å². The zero-order chi connectivity index (χ0) is 12.1. The van der Waals surface area contributed by atoms with Gasteiger partial charge in [0.1, 0.15) is 0 Å². The molecular formula is C16H30. The van der Waals surface area contributed by atoms with Crippen molar-refractivity contribution in [3.05, 3.63) is 26.0 Å². The Hall–Kier alpha value is -0.260. The average Bonchev–Trinajstić information content (AvgIpc) is 2.31. The van der Waals surface area contributed by atoms with Crippen molar-refractivity contribution in [2.24, 2.45) is 5.92 Å². The first-order chi connectivity index (χ1) is 7.85. The third kappa shape index (κ3) is 10.3. The van der Waals surface area contributed by atoms with Crippen LogP contribution in [0, 0.1) is 19.8 Å². The molecule has 0 heterocycles. The average molecular weight is 222 g/mol. The lowest BCUT2D eigenvalue weighted by molar-refractivity contribution is 0.405. The molecule has 0 aliphatic rings. The predicted molar refractivity (Wildman–Crippen MR) is 75.2 cm³/mol. The molecule has 0 nitrogen and oxygen atoms in total. The third-order valence-corrected chi connectivity index (χ3v) is 3.26. The normalized spacial score (nSPS) is 13.4. The quantitative estimate of drug-likeness (QED) is 0.308. The van der Waals surface area contributed by atoms with E-state index >= 15 is 0 Å². The Morgan fingerprint density at radius 1 is 0.938 bits per heavy atom. The van der Waals surface area contributed by atoms with Crippen LogP contribution < -0.4 is 0 Å². The summed E-state index contributed by atoms with van der Waals surface area (Å²) in [5.41, 5.74) is 0. The van der Waals surface area contributed by atoms with Crippen LogP contribution >= 0.6 is 0 Å². The fraction of sp³-hybridized carbons (Fsp3) is 0.750. The van der Waals surface area contributed by atoms with Crippen molar-refractivity contribution in [3.63, 3.8) is 0 Å². The summed E-state index contributed by atoms with van der Waals surface area (Å²) >= 11 is 0. The summed E-state index contributed by atoms with van der Waals surface area (Å²) in [6, 6.07) is 0. The van der Waals surface area contributed by atoms with E-state index in [0.717, 1.165) is 18.8 Å². The third-order valence-electron chi connectivity index (χ3n) is 3.26. The first-order valence-corrected chi connectivity index (χ1v) is 7.08. The highest BCUT2D eigenvalue weighted by molar-refractivity contribution is 4.82. The van der Waals surface area contributed by atoms with Crippen molar-refractivity contribution < 1.29 is 0 Å². The van der Waals surface area contributed by atoms with Crippen molar-refractivity contribution in [1.82, 2.24) is 0 Å².